The number of benzene rings is 2. The summed E-state index contributed by atoms with van der Waals surface area (Å²) in [5, 5.41) is 0. The zero-order valence-electron chi connectivity index (χ0n) is 12.5. The summed E-state index contributed by atoms with van der Waals surface area (Å²) >= 11 is 0. The van der Waals surface area contributed by atoms with E-state index in [1.165, 1.54) is 6.07 Å². The zero-order valence-corrected chi connectivity index (χ0v) is 13.3. The zero-order chi connectivity index (χ0) is 16.3. The Morgan fingerprint density at radius 1 is 0.870 bits per heavy atom. The fraction of sp³-hybridized carbons (Fsp3) is 0.0556. The molecule has 0 N–H and O–H groups in total. The summed E-state index contributed by atoms with van der Waals surface area (Å²) in [6, 6.07) is 18.5. The highest BCUT2D eigenvalue weighted by molar-refractivity contribution is 7.91. The van der Waals surface area contributed by atoms with E-state index < -0.39 is 9.84 Å². The predicted molar refractivity (Wildman–Crippen MR) is 87.4 cm³/mol. The molecule has 0 spiro atoms. The smallest absolute Gasteiger partial charge is 0.219 e. The van der Waals surface area contributed by atoms with Gasteiger partial charge in [-0.05, 0) is 37.3 Å². The molecular weight excluding hydrogens is 310 g/mol. The Morgan fingerprint density at radius 2 is 1.57 bits per heavy atom. The maximum atomic E-state index is 12.9. The van der Waals surface area contributed by atoms with Crippen LogP contribution < -0.4 is 4.74 Å². The van der Waals surface area contributed by atoms with Crippen LogP contribution in [0.5, 0.6) is 11.6 Å². The van der Waals surface area contributed by atoms with E-state index in [4.69, 9.17) is 4.74 Å². The maximum absolute atomic E-state index is 12.9. The number of sulfone groups is 1. The molecule has 0 fully saturated rings. The summed E-state index contributed by atoms with van der Waals surface area (Å²) in [4.78, 5) is 4.42. The summed E-state index contributed by atoms with van der Waals surface area (Å²) in [6.07, 6.45) is 1.59. The summed E-state index contributed by atoms with van der Waals surface area (Å²) in [7, 11) is -3.66. The minimum atomic E-state index is -3.66. The van der Waals surface area contributed by atoms with Crippen molar-refractivity contribution in [3.63, 3.8) is 0 Å². The quantitative estimate of drug-likeness (QED) is 0.727. The Bertz CT molecular complexity index is 905. The summed E-state index contributed by atoms with van der Waals surface area (Å²) in [5.74, 6) is 0.603. The molecule has 3 rings (SSSR count). The standard InChI is InChI=1S/C18H15NO3S/c1-14-9-11-15(12-10-14)23(20,21)17-7-3-2-6-16(17)22-18-8-4-5-13-19-18/h2-13H,1H3. The van der Waals surface area contributed by atoms with Crippen molar-refractivity contribution < 1.29 is 13.2 Å². The topological polar surface area (TPSA) is 56.3 Å². The van der Waals surface area contributed by atoms with Crippen LogP contribution in [0.15, 0.2) is 82.7 Å². The highest BCUT2D eigenvalue weighted by Crippen LogP contribution is 2.31. The summed E-state index contributed by atoms with van der Waals surface area (Å²) < 4.78 is 31.4. The Hall–Kier alpha value is -2.66. The van der Waals surface area contributed by atoms with Crippen LogP contribution in [0.25, 0.3) is 0 Å². The van der Waals surface area contributed by atoms with Gasteiger partial charge in [0.05, 0.1) is 4.90 Å². The van der Waals surface area contributed by atoms with Crippen LogP contribution >= 0.6 is 0 Å². The van der Waals surface area contributed by atoms with E-state index in [1.807, 2.05) is 6.92 Å². The van der Waals surface area contributed by atoms with Gasteiger partial charge in [-0.2, -0.15) is 0 Å². The molecule has 0 radical (unpaired) electrons. The fourth-order valence-corrected chi connectivity index (χ4v) is 3.50. The van der Waals surface area contributed by atoms with Gasteiger partial charge in [-0.15, -0.1) is 0 Å². The van der Waals surface area contributed by atoms with Gasteiger partial charge >= 0.3 is 0 Å². The molecule has 5 heteroatoms. The van der Waals surface area contributed by atoms with Crippen LogP contribution in [0.4, 0.5) is 0 Å². The lowest BCUT2D eigenvalue weighted by Gasteiger charge is -2.11. The molecule has 0 amide bonds. The highest BCUT2D eigenvalue weighted by Gasteiger charge is 2.22. The van der Waals surface area contributed by atoms with Gasteiger partial charge in [-0.3, -0.25) is 0 Å². The first-order chi connectivity index (χ1) is 11.1. The number of hydrogen-bond donors (Lipinski definition) is 0. The van der Waals surface area contributed by atoms with Crippen LogP contribution in [0, 0.1) is 6.92 Å². The third-order valence-corrected chi connectivity index (χ3v) is 5.13. The van der Waals surface area contributed by atoms with Crippen molar-refractivity contribution in [2.45, 2.75) is 16.7 Å². The van der Waals surface area contributed by atoms with E-state index in [9.17, 15) is 8.42 Å². The van der Waals surface area contributed by atoms with Crippen molar-refractivity contribution in [2.24, 2.45) is 0 Å². The Kier molecular flexibility index (Phi) is 4.12. The molecule has 0 saturated carbocycles. The number of pyridine rings is 1. The number of aryl methyl sites for hydroxylation is 1. The summed E-state index contributed by atoms with van der Waals surface area (Å²) in [5.41, 5.74) is 1.00. The van der Waals surface area contributed by atoms with Crippen molar-refractivity contribution in [3.05, 3.63) is 78.5 Å². The first kappa shape index (κ1) is 15.2. The SMILES string of the molecule is Cc1ccc(S(=O)(=O)c2ccccc2Oc2ccccn2)cc1. The maximum Gasteiger partial charge on any atom is 0.219 e. The lowest BCUT2D eigenvalue weighted by atomic mass is 10.2. The van der Waals surface area contributed by atoms with E-state index in [0.717, 1.165) is 5.56 Å². The van der Waals surface area contributed by atoms with Crippen LogP contribution in [0.3, 0.4) is 0 Å². The van der Waals surface area contributed by atoms with E-state index in [0.29, 0.717) is 5.88 Å². The second-order valence-electron chi connectivity index (χ2n) is 5.03. The molecule has 4 nitrogen and oxygen atoms in total. The van der Waals surface area contributed by atoms with Crippen LogP contribution in [0.1, 0.15) is 5.56 Å². The van der Waals surface area contributed by atoms with E-state index >= 15 is 0 Å². The van der Waals surface area contributed by atoms with Gasteiger partial charge in [0.25, 0.3) is 0 Å². The first-order valence-corrected chi connectivity index (χ1v) is 8.55. The number of aromatic nitrogens is 1. The largest absolute Gasteiger partial charge is 0.438 e. The third kappa shape index (κ3) is 3.24. The lowest BCUT2D eigenvalue weighted by Crippen LogP contribution is -2.04. The van der Waals surface area contributed by atoms with Gasteiger partial charge in [0, 0.05) is 12.3 Å². The molecule has 1 aromatic heterocycles. The van der Waals surface area contributed by atoms with Gasteiger partial charge in [0.15, 0.2) is 0 Å². The van der Waals surface area contributed by atoms with Crippen molar-refractivity contribution in [1.29, 1.82) is 0 Å². The average Bonchev–Trinajstić information content (AvgIpc) is 2.56. The normalized spacial score (nSPS) is 11.2. The Morgan fingerprint density at radius 3 is 2.26 bits per heavy atom. The van der Waals surface area contributed by atoms with Crippen molar-refractivity contribution >= 4 is 9.84 Å². The second-order valence-corrected chi connectivity index (χ2v) is 6.95. The summed E-state index contributed by atoms with van der Waals surface area (Å²) in [6.45, 7) is 1.91. The molecule has 0 saturated heterocycles. The van der Waals surface area contributed by atoms with E-state index in [-0.39, 0.29) is 15.5 Å². The Labute approximate surface area is 135 Å². The molecule has 0 aliphatic rings. The van der Waals surface area contributed by atoms with Crippen LogP contribution in [0.2, 0.25) is 0 Å². The third-order valence-electron chi connectivity index (χ3n) is 3.32. The number of nitrogens with zero attached hydrogens (tertiary/aromatic N) is 1. The van der Waals surface area contributed by atoms with Crippen molar-refractivity contribution in [1.82, 2.24) is 4.98 Å². The molecule has 0 atom stereocenters. The monoisotopic (exact) mass is 325 g/mol. The molecule has 23 heavy (non-hydrogen) atoms. The Balaban J connectivity index is 2.04. The number of rotatable bonds is 4. The van der Waals surface area contributed by atoms with Gasteiger partial charge in [0.2, 0.25) is 15.7 Å². The predicted octanol–water partition coefficient (Wildman–Crippen LogP) is 4.02. The van der Waals surface area contributed by atoms with Crippen molar-refractivity contribution in [3.8, 4) is 11.6 Å². The molecule has 116 valence electrons. The average molecular weight is 325 g/mol. The van der Waals surface area contributed by atoms with E-state index in [2.05, 4.69) is 4.98 Å². The number of ether oxygens (including phenoxy) is 1. The molecular formula is C18H15NO3S. The number of para-hydroxylation sites is 1. The van der Waals surface area contributed by atoms with Gasteiger partial charge in [-0.1, -0.05) is 35.9 Å². The molecule has 0 aliphatic carbocycles. The van der Waals surface area contributed by atoms with Gasteiger partial charge in [-0.25, -0.2) is 13.4 Å². The molecule has 0 unspecified atom stereocenters. The lowest BCUT2D eigenvalue weighted by molar-refractivity contribution is 0.449. The molecule has 0 aliphatic heterocycles. The fourth-order valence-electron chi connectivity index (χ4n) is 2.12. The van der Waals surface area contributed by atoms with Crippen LogP contribution in [-0.4, -0.2) is 13.4 Å². The highest BCUT2D eigenvalue weighted by atomic mass is 32.2. The number of hydrogen-bond acceptors (Lipinski definition) is 4. The van der Waals surface area contributed by atoms with E-state index in [1.54, 1.807) is 66.9 Å². The molecule has 0 bridgehead atoms. The van der Waals surface area contributed by atoms with Crippen molar-refractivity contribution in [2.75, 3.05) is 0 Å². The first-order valence-electron chi connectivity index (χ1n) is 7.07. The molecule has 2 aromatic carbocycles. The second kappa shape index (κ2) is 6.22. The van der Waals surface area contributed by atoms with Gasteiger partial charge in [0.1, 0.15) is 10.6 Å². The molecule has 3 aromatic rings. The van der Waals surface area contributed by atoms with Crippen LogP contribution in [-0.2, 0) is 9.84 Å². The molecule has 1 heterocycles. The minimum Gasteiger partial charge on any atom is -0.438 e. The van der Waals surface area contributed by atoms with Gasteiger partial charge < -0.3 is 4.74 Å². The minimum absolute atomic E-state index is 0.120.